The predicted octanol–water partition coefficient (Wildman–Crippen LogP) is 4.11. The zero-order valence-corrected chi connectivity index (χ0v) is 10.9. The smallest absolute Gasteiger partial charge is 0.492 e. The Kier molecular flexibility index (Phi) is 4.23. The first-order valence-electron chi connectivity index (χ1n) is 5.73. The van der Waals surface area contributed by atoms with Gasteiger partial charge in [0.1, 0.15) is 12.4 Å². The summed E-state index contributed by atoms with van der Waals surface area (Å²) in [4.78, 5) is 0. The fraction of sp³-hybridized carbons (Fsp3) is 0.0769. The highest BCUT2D eigenvalue weighted by Gasteiger charge is 2.28. The maximum Gasteiger partial charge on any atom is 0.513 e. The third-order valence-corrected chi connectivity index (χ3v) is 2.90. The molecule has 0 amide bonds. The van der Waals surface area contributed by atoms with Gasteiger partial charge >= 0.3 is 6.98 Å². The molecule has 0 bridgehead atoms. The minimum absolute atomic E-state index is 0.0991. The van der Waals surface area contributed by atoms with E-state index >= 15 is 0 Å². The van der Waals surface area contributed by atoms with Gasteiger partial charge in [0.15, 0.2) is 0 Å². The van der Waals surface area contributed by atoms with Crippen LogP contribution in [0.3, 0.4) is 0 Å². The van der Waals surface area contributed by atoms with Crippen LogP contribution in [0.25, 0.3) is 0 Å². The number of benzene rings is 2. The van der Waals surface area contributed by atoms with E-state index in [0.717, 1.165) is 12.1 Å². The van der Waals surface area contributed by atoms with Gasteiger partial charge < -0.3 is 17.7 Å². The fourth-order valence-electron chi connectivity index (χ4n) is 1.69. The fourth-order valence-corrected chi connectivity index (χ4v) is 1.89. The first-order valence-corrected chi connectivity index (χ1v) is 6.11. The lowest BCUT2D eigenvalue weighted by atomic mass is 9.79. The number of hydrogen-bond donors (Lipinski definition) is 0. The first-order chi connectivity index (χ1) is 9.38. The highest BCUT2D eigenvalue weighted by atomic mass is 35.5. The lowest BCUT2D eigenvalue weighted by Gasteiger charge is -2.19. The monoisotopic (exact) mass is 303 g/mol. The number of rotatable bonds is 4. The Morgan fingerprint density at radius 1 is 1.05 bits per heavy atom. The van der Waals surface area contributed by atoms with Crippen LogP contribution in [0, 0.1) is 5.82 Å². The second kappa shape index (κ2) is 5.75. The van der Waals surface area contributed by atoms with E-state index < -0.39 is 18.3 Å². The Hall–Kier alpha value is -1.69. The van der Waals surface area contributed by atoms with E-state index in [1.54, 1.807) is 0 Å². The molecule has 0 heterocycles. The number of para-hydroxylation sites is 1. The molecule has 1 nitrogen and oxygen atoms in total. The number of halogens is 5. The summed E-state index contributed by atoms with van der Waals surface area (Å²) in [7, 11) is 0. The van der Waals surface area contributed by atoms with Crippen LogP contribution < -0.4 is 10.2 Å². The maximum absolute atomic E-state index is 13.4. The van der Waals surface area contributed by atoms with Crippen molar-refractivity contribution >= 4 is 24.0 Å². The molecular formula is C13H9BClF4O-. The van der Waals surface area contributed by atoms with E-state index in [1.165, 1.54) is 30.3 Å². The second-order valence-electron chi connectivity index (χ2n) is 4.14. The predicted molar refractivity (Wildman–Crippen MR) is 70.9 cm³/mol. The van der Waals surface area contributed by atoms with Gasteiger partial charge in [0.2, 0.25) is 0 Å². The Labute approximate surface area is 118 Å². The highest BCUT2D eigenvalue weighted by Crippen LogP contribution is 2.20. The molecule has 0 fully saturated rings. The van der Waals surface area contributed by atoms with Gasteiger partial charge in [0.05, 0.1) is 5.75 Å². The normalized spacial score (nSPS) is 11.4. The third kappa shape index (κ3) is 3.45. The van der Waals surface area contributed by atoms with Crippen molar-refractivity contribution in [2.45, 2.75) is 6.61 Å². The lowest BCUT2D eigenvalue weighted by molar-refractivity contribution is 0.300. The summed E-state index contributed by atoms with van der Waals surface area (Å²) < 4.78 is 56.9. The van der Waals surface area contributed by atoms with E-state index in [1.807, 2.05) is 0 Å². The summed E-state index contributed by atoms with van der Waals surface area (Å²) in [5.74, 6) is -0.899. The molecule has 2 aromatic carbocycles. The van der Waals surface area contributed by atoms with Gasteiger partial charge in [-0.3, -0.25) is 0 Å². The third-order valence-electron chi connectivity index (χ3n) is 2.66. The SMILES string of the molecule is Fc1ccc(Cl)cc1COc1ccccc1[B-](F)(F)F. The van der Waals surface area contributed by atoms with Crippen LogP contribution in [-0.2, 0) is 6.61 Å². The van der Waals surface area contributed by atoms with Crippen molar-refractivity contribution < 1.29 is 22.1 Å². The van der Waals surface area contributed by atoms with Crippen molar-refractivity contribution in [3.8, 4) is 5.75 Å². The molecule has 106 valence electrons. The first kappa shape index (κ1) is 14.7. The Balaban J connectivity index is 2.21. The summed E-state index contributed by atoms with van der Waals surface area (Å²) in [5, 5.41) is 0.290. The van der Waals surface area contributed by atoms with Gasteiger partial charge in [0.25, 0.3) is 0 Å². The van der Waals surface area contributed by atoms with Crippen molar-refractivity contribution in [1.29, 1.82) is 0 Å². The largest absolute Gasteiger partial charge is 0.513 e. The zero-order chi connectivity index (χ0) is 14.8. The molecule has 2 aromatic rings. The average molecular weight is 303 g/mol. The molecule has 7 heteroatoms. The van der Waals surface area contributed by atoms with E-state index in [0.29, 0.717) is 5.02 Å². The summed E-state index contributed by atoms with van der Waals surface area (Å²) >= 11 is 5.70. The van der Waals surface area contributed by atoms with Gasteiger partial charge in [-0.05, 0) is 24.3 Å². The molecule has 2 rings (SSSR count). The highest BCUT2D eigenvalue weighted by molar-refractivity contribution is 6.74. The van der Waals surface area contributed by atoms with Crippen LogP contribution >= 0.6 is 11.6 Å². The molecule has 0 spiro atoms. The number of hydrogen-bond acceptors (Lipinski definition) is 1. The summed E-state index contributed by atoms with van der Waals surface area (Å²) in [5.41, 5.74) is -0.739. The van der Waals surface area contributed by atoms with Gasteiger partial charge in [-0.2, -0.15) is 0 Å². The van der Waals surface area contributed by atoms with E-state index in [-0.39, 0.29) is 17.9 Å². The van der Waals surface area contributed by atoms with Crippen LogP contribution in [0.5, 0.6) is 5.75 Å². The second-order valence-corrected chi connectivity index (χ2v) is 4.57. The standard InChI is InChI=1S/C13H9BClF4O/c15-10-5-6-12(16)9(7-10)8-20-13-4-2-1-3-11(13)14(17,18)19/h1-7H,8H2/q-1. The maximum atomic E-state index is 13.4. The summed E-state index contributed by atoms with van der Waals surface area (Å²) in [6.45, 7) is -5.51. The van der Waals surface area contributed by atoms with Crippen LogP contribution in [0.1, 0.15) is 5.56 Å². The number of ether oxygens (including phenoxy) is 1. The quantitative estimate of drug-likeness (QED) is 0.610. The minimum atomic E-state index is -5.18. The molecular weight excluding hydrogens is 294 g/mol. The average Bonchev–Trinajstić information content (AvgIpc) is 2.39. The molecule has 0 radical (unpaired) electrons. The van der Waals surface area contributed by atoms with Crippen molar-refractivity contribution in [3.63, 3.8) is 0 Å². The van der Waals surface area contributed by atoms with Gasteiger partial charge in [0, 0.05) is 10.6 Å². The van der Waals surface area contributed by atoms with Crippen LogP contribution in [-0.4, -0.2) is 6.98 Å². The van der Waals surface area contributed by atoms with E-state index in [2.05, 4.69) is 0 Å². The van der Waals surface area contributed by atoms with Crippen molar-refractivity contribution in [1.82, 2.24) is 0 Å². The topological polar surface area (TPSA) is 9.23 Å². The molecule has 0 unspecified atom stereocenters. The molecule has 0 aliphatic heterocycles. The molecule has 0 aliphatic carbocycles. The van der Waals surface area contributed by atoms with Gasteiger partial charge in [-0.25, -0.2) is 4.39 Å². The van der Waals surface area contributed by atoms with E-state index in [9.17, 15) is 17.3 Å². The molecule has 20 heavy (non-hydrogen) atoms. The van der Waals surface area contributed by atoms with Gasteiger partial charge in [-0.15, -0.1) is 0 Å². The van der Waals surface area contributed by atoms with Crippen LogP contribution in [0.15, 0.2) is 42.5 Å². The Morgan fingerprint density at radius 3 is 2.45 bits per heavy atom. The lowest BCUT2D eigenvalue weighted by Crippen LogP contribution is -2.35. The Bertz CT molecular complexity index is 616. The van der Waals surface area contributed by atoms with Crippen molar-refractivity contribution in [2.24, 2.45) is 0 Å². The molecule has 0 N–H and O–H groups in total. The summed E-state index contributed by atoms with van der Waals surface area (Å²) in [6.07, 6.45) is 0. The van der Waals surface area contributed by atoms with Crippen LogP contribution in [0.2, 0.25) is 5.02 Å². The molecule has 0 aliphatic rings. The molecule has 0 atom stereocenters. The van der Waals surface area contributed by atoms with Crippen LogP contribution in [0.4, 0.5) is 17.3 Å². The van der Waals surface area contributed by atoms with Crippen molar-refractivity contribution in [3.05, 3.63) is 58.9 Å². The van der Waals surface area contributed by atoms with E-state index in [4.69, 9.17) is 16.3 Å². The Morgan fingerprint density at radius 2 is 1.75 bits per heavy atom. The molecule has 0 saturated heterocycles. The van der Waals surface area contributed by atoms with Crippen molar-refractivity contribution in [2.75, 3.05) is 0 Å². The van der Waals surface area contributed by atoms with Gasteiger partial charge in [-0.1, -0.05) is 35.3 Å². The summed E-state index contributed by atoms with van der Waals surface area (Å²) in [6, 6.07) is 8.65. The molecule has 0 saturated carbocycles. The molecule has 0 aromatic heterocycles. The zero-order valence-electron chi connectivity index (χ0n) is 10.1. The minimum Gasteiger partial charge on any atom is -0.492 e.